The van der Waals surface area contributed by atoms with Crippen LogP contribution in [0.15, 0.2) is 23.3 Å². The van der Waals surface area contributed by atoms with Crippen molar-refractivity contribution in [1.29, 1.82) is 0 Å². The maximum absolute atomic E-state index is 11.7. The second-order valence-corrected chi connectivity index (χ2v) is 5.47. The Morgan fingerprint density at radius 1 is 1.48 bits per heavy atom. The largest absolute Gasteiger partial charge is 0.514 e. The number of amides is 1. The van der Waals surface area contributed by atoms with Gasteiger partial charge in [-0.25, -0.2) is 5.43 Å². The van der Waals surface area contributed by atoms with Gasteiger partial charge in [0.15, 0.2) is 6.61 Å². The minimum Gasteiger partial charge on any atom is -0.482 e. The van der Waals surface area contributed by atoms with Gasteiger partial charge < -0.3 is 14.9 Å². The van der Waals surface area contributed by atoms with Crippen LogP contribution in [0.5, 0.6) is 5.75 Å². The lowest BCUT2D eigenvalue weighted by molar-refractivity contribution is -0.394. The standard InChI is InChI=1S/C12H11Cl2N7O4/c1-7(5-20-18-12(17-19-20)21(23)24)15-16-11(22)6-25-10-3-2-8(13)4-9(10)14/h2-4H,5-6H2,1H3,(H,16,22)/b15-7-. The number of hydrazone groups is 1. The van der Waals surface area contributed by atoms with E-state index in [9.17, 15) is 14.9 Å². The van der Waals surface area contributed by atoms with Crippen LogP contribution in [0, 0.1) is 10.1 Å². The number of nitrogens with one attached hydrogen (secondary N) is 1. The SMILES string of the molecule is C/C(Cn1nnc([N+](=O)[O-])n1)=N/NC(=O)COc1ccc(Cl)cc1Cl. The summed E-state index contributed by atoms with van der Waals surface area (Å²) >= 11 is 11.7. The normalized spacial score (nSPS) is 11.2. The zero-order valence-electron chi connectivity index (χ0n) is 12.7. The number of nitro groups is 1. The van der Waals surface area contributed by atoms with Gasteiger partial charge in [0.25, 0.3) is 5.91 Å². The molecule has 0 aliphatic carbocycles. The molecule has 1 N–H and O–H groups in total. The van der Waals surface area contributed by atoms with E-state index >= 15 is 0 Å². The smallest absolute Gasteiger partial charge is 0.482 e. The number of carbonyl (C=O) groups excluding carboxylic acids is 1. The number of aromatic nitrogens is 4. The summed E-state index contributed by atoms with van der Waals surface area (Å²) in [4.78, 5) is 22.4. The quantitative estimate of drug-likeness (QED) is 0.431. The molecule has 0 spiro atoms. The van der Waals surface area contributed by atoms with Crippen LogP contribution in [0.1, 0.15) is 6.92 Å². The number of nitrogens with zero attached hydrogens (tertiary/aromatic N) is 6. The second kappa shape index (κ2) is 8.35. The average molecular weight is 388 g/mol. The van der Waals surface area contributed by atoms with Gasteiger partial charge in [0.1, 0.15) is 12.3 Å². The molecule has 25 heavy (non-hydrogen) atoms. The molecule has 1 aromatic carbocycles. The molecule has 132 valence electrons. The monoisotopic (exact) mass is 387 g/mol. The fourth-order valence-electron chi connectivity index (χ4n) is 1.54. The predicted molar refractivity (Wildman–Crippen MR) is 87.7 cm³/mol. The first kappa shape index (κ1) is 18.5. The van der Waals surface area contributed by atoms with Crippen LogP contribution in [0.4, 0.5) is 5.95 Å². The Labute approximate surface area is 150 Å². The second-order valence-electron chi connectivity index (χ2n) is 4.62. The van der Waals surface area contributed by atoms with Crippen LogP contribution in [0.25, 0.3) is 0 Å². The van der Waals surface area contributed by atoms with Crippen LogP contribution in [-0.4, -0.2) is 43.4 Å². The van der Waals surface area contributed by atoms with Crippen LogP contribution in [-0.2, 0) is 11.3 Å². The van der Waals surface area contributed by atoms with Crippen molar-refractivity contribution in [2.75, 3.05) is 6.61 Å². The van der Waals surface area contributed by atoms with Crippen molar-refractivity contribution in [3.63, 3.8) is 0 Å². The van der Waals surface area contributed by atoms with E-state index in [1.807, 2.05) is 0 Å². The van der Waals surface area contributed by atoms with E-state index < -0.39 is 16.8 Å². The number of benzene rings is 1. The minimum atomic E-state index is -0.767. The molecule has 0 radical (unpaired) electrons. The topological polar surface area (TPSA) is 137 Å². The number of hydrogen-bond acceptors (Lipinski definition) is 8. The Morgan fingerprint density at radius 2 is 2.24 bits per heavy atom. The van der Waals surface area contributed by atoms with Gasteiger partial charge in [-0.2, -0.15) is 5.10 Å². The summed E-state index contributed by atoms with van der Waals surface area (Å²) in [6.45, 7) is 1.28. The Bertz CT molecular complexity index is 824. The van der Waals surface area contributed by atoms with Crippen LogP contribution in [0.3, 0.4) is 0 Å². The molecule has 0 bridgehead atoms. The number of ether oxygens (including phenoxy) is 1. The van der Waals surface area contributed by atoms with Crippen molar-refractivity contribution >= 4 is 40.8 Å². The van der Waals surface area contributed by atoms with E-state index in [2.05, 4.69) is 25.9 Å². The number of tetrazole rings is 1. The predicted octanol–water partition coefficient (Wildman–Crippen LogP) is 1.46. The van der Waals surface area contributed by atoms with Crippen LogP contribution in [0.2, 0.25) is 10.0 Å². The number of rotatable bonds is 7. The Balaban J connectivity index is 1.83. The van der Waals surface area contributed by atoms with Crippen LogP contribution < -0.4 is 10.2 Å². The van der Waals surface area contributed by atoms with Gasteiger partial charge in [0, 0.05) is 10.2 Å². The first-order chi connectivity index (χ1) is 11.8. The zero-order chi connectivity index (χ0) is 18.4. The van der Waals surface area contributed by atoms with Crippen LogP contribution >= 0.6 is 23.2 Å². The summed E-state index contributed by atoms with van der Waals surface area (Å²) in [7, 11) is 0. The van der Waals surface area contributed by atoms with Gasteiger partial charge in [-0.05, 0) is 30.0 Å². The maximum atomic E-state index is 11.7. The van der Waals surface area contributed by atoms with E-state index in [1.54, 1.807) is 13.0 Å². The van der Waals surface area contributed by atoms with E-state index in [1.165, 1.54) is 12.1 Å². The highest BCUT2D eigenvalue weighted by atomic mass is 35.5. The molecule has 0 fully saturated rings. The average Bonchev–Trinajstić information content (AvgIpc) is 3.01. The van der Waals surface area contributed by atoms with Crippen molar-refractivity contribution in [3.05, 3.63) is 38.4 Å². The van der Waals surface area contributed by atoms with Gasteiger partial charge in [0.2, 0.25) is 0 Å². The minimum absolute atomic E-state index is 0.0188. The lowest BCUT2D eigenvalue weighted by Gasteiger charge is -2.07. The zero-order valence-corrected chi connectivity index (χ0v) is 14.2. The van der Waals surface area contributed by atoms with Crippen molar-refractivity contribution in [1.82, 2.24) is 25.6 Å². The lowest BCUT2D eigenvalue weighted by atomic mass is 10.3. The van der Waals surface area contributed by atoms with E-state index in [4.69, 9.17) is 27.9 Å². The molecule has 13 heteroatoms. The molecule has 1 amide bonds. The summed E-state index contributed by atoms with van der Waals surface area (Å²) in [5, 5.41) is 25.2. The molecule has 0 saturated heterocycles. The van der Waals surface area contributed by atoms with E-state index in [0.717, 1.165) is 4.80 Å². The summed E-state index contributed by atoms with van der Waals surface area (Å²) < 4.78 is 5.25. The third kappa shape index (κ3) is 5.65. The third-order valence-electron chi connectivity index (χ3n) is 2.60. The van der Waals surface area contributed by atoms with Gasteiger partial charge in [-0.15, -0.1) is 0 Å². The maximum Gasteiger partial charge on any atom is 0.514 e. The summed E-state index contributed by atoms with van der Waals surface area (Å²) in [6, 6.07) is 4.60. The fourth-order valence-corrected chi connectivity index (χ4v) is 2.00. The van der Waals surface area contributed by atoms with Crippen molar-refractivity contribution in [2.24, 2.45) is 5.10 Å². The summed E-state index contributed by atoms with van der Waals surface area (Å²) in [6.07, 6.45) is 0. The van der Waals surface area contributed by atoms with E-state index in [0.29, 0.717) is 16.5 Å². The number of carbonyl (C=O) groups is 1. The summed E-state index contributed by atoms with van der Waals surface area (Å²) in [5.74, 6) is -0.839. The molecule has 11 nitrogen and oxygen atoms in total. The highest BCUT2D eigenvalue weighted by Crippen LogP contribution is 2.27. The lowest BCUT2D eigenvalue weighted by Crippen LogP contribution is -2.26. The molecule has 1 aromatic heterocycles. The molecule has 2 aromatic rings. The molecular weight excluding hydrogens is 377 g/mol. The molecule has 0 aliphatic rings. The molecule has 2 rings (SSSR count). The van der Waals surface area contributed by atoms with Gasteiger partial charge in [-0.3, -0.25) is 4.79 Å². The molecule has 0 saturated carbocycles. The van der Waals surface area contributed by atoms with Crippen molar-refractivity contribution < 1.29 is 14.5 Å². The third-order valence-corrected chi connectivity index (χ3v) is 3.13. The van der Waals surface area contributed by atoms with Gasteiger partial charge in [0.05, 0.1) is 20.9 Å². The number of hydrogen-bond donors (Lipinski definition) is 1. The molecule has 0 atom stereocenters. The fraction of sp³-hybridized carbons (Fsp3) is 0.250. The highest BCUT2D eigenvalue weighted by Gasteiger charge is 2.15. The molecular formula is C12H11Cl2N7O4. The summed E-state index contributed by atoms with van der Waals surface area (Å²) in [5.41, 5.74) is 2.66. The van der Waals surface area contributed by atoms with Gasteiger partial charge >= 0.3 is 5.95 Å². The molecule has 0 unspecified atom stereocenters. The first-order valence-corrected chi connectivity index (χ1v) is 7.43. The first-order valence-electron chi connectivity index (χ1n) is 6.67. The molecule has 1 heterocycles. The Hall–Kier alpha value is -2.79. The van der Waals surface area contributed by atoms with Crippen molar-refractivity contribution in [2.45, 2.75) is 13.5 Å². The van der Waals surface area contributed by atoms with Gasteiger partial charge in [-0.1, -0.05) is 28.0 Å². The molecule has 0 aliphatic heterocycles. The Morgan fingerprint density at radius 3 is 2.88 bits per heavy atom. The Kier molecular flexibility index (Phi) is 6.19. The highest BCUT2D eigenvalue weighted by molar-refractivity contribution is 6.35. The number of halogens is 2. The van der Waals surface area contributed by atoms with Crippen molar-refractivity contribution in [3.8, 4) is 5.75 Å². The van der Waals surface area contributed by atoms with E-state index in [-0.39, 0.29) is 18.2 Å².